The van der Waals surface area contributed by atoms with Gasteiger partial charge in [-0.15, -0.1) is 0 Å². The summed E-state index contributed by atoms with van der Waals surface area (Å²) in [5.74, 6) is 0.431. The van der Waals surface area contributed by atoms with Crippen LogP contribution in [0.25, 0.3) is 10.2 Å². The number of nitrogens with zero attached hydrogens (tertiary/aromatic N) is 2. The molecule has 0 saturated carbocycles. The van der Waals surface area contributed by atoms with E-state index < -0.39 is 0 Å². The number of fused-ring (bicyclic) bond motifs is 1. The van der Waals surface area contributed by atoms with Crippen molar-refractivity contribution in [2.45, 2.75) is 13.2 Å². The average molecular weight is 448 g/mol. The summed E-state index contributed by atoms with van der Waals surface area (Å²) in [6.45, 7) is 2.19. The molecule has 1 aromatic heterocycles. The highest BCUT2D eigenvalue weighted by Gasteiger charge is 2.34. The predicted octanol–water partition coefficient (Wildman–Crippen LogP) is 4.77. The third-order valence-corrected chi connectivity index (χ3v) is 6.60. The Hall–Kier alpha value is -3.45. The van der Waals surface area contributed by atoms with Gasteiger partial charge in [0.1, 0.15) is 23.7 Å². The molecule has 0 spiro atoms. The number of rotatable bonds is 7. The standard InChI is InChI=1S/C25H22FN3O2S/c26-21-7-4-8-22-23(21)28-25(32-22)29-14-19(15-29)24(30)27-13-17-9-11-20(12-10-17)31-16-18-5-2-1-3-6-18/h1-12,19H,13-16H2,(H,27,30). The van der Waals surface area contributed by atoms with Crippen LogP contribution >= 0.6 is 11.3 Å². The molecule has 162 valence electrons. The molecule has 1 N–H and O–H groups in total. The molecule has 5 nitrogen and oxygen atoms in total. The van der Waals surface area contributed by atoms with Crippen LogP contribution in [-0.2, 0) is 17.9 Å². The molecule has 0 aliphatic carbocycles. The number of hydrogen-bond acceptors (Lipinski definition) is 5. The number of hydrogen-bond donors (Lipinski definition) is 1. The first-order valence-corrected chi connectivity index (χ1v) is 11.3. The number of halogens is 1. The Balaban J connectivity index is 1.09. The second-order valence-corrected chi connectivity index (χ2v) is 8.83. The molecule has 1 amide bonds. The number of para-hydroxylation sites is 1. The van der Waals surface area contributed by atoms with Crippen molar-refractivity contribution in [2.75, 3.05) is 18.0 Å². The molecule has 0 radical (unpaired) electrons. The number of ether oxygens (including phenoxy) is 1. The molecule has 7 heteroatoms. The van der Waals surface area contributed by atoms with E-state index in [1.54, 1.807) is 6.07 Å². The van der Waals surface area contributed by atoms with Crippen LogP contribution in [0.3, 0.4) is 0 Å². The van der Waals surface area contributed by atoms with Crippen LogP contribution < -0.4 is 15.0 Å². The van der Waals surface area contributed by atoms with Gasteiger partial charge in [0.15, 0.2) is 5.13 Å². The minimum Gasteiger partial charge on any atom is -0.489 e. The maximum Gasteiger partial charge on any atom is 0.226 e. The first-order valence-electron chi connectivity index (χ1n) is 10.5. The van der Waals surface area contributed by atoms with E-state index in [-0.39, 0.29) is 17.6 Å². The molecule has 1 aliphatic rings. The lowest BCUT2D eigenvalue weighted by Gasteiger charge is -2.37. The number of aromatic nitrogens is 1. The Morgan fingerprint density at radius 1 is 1.03 bits per heavy atom. The van der Waals surface area contributed by atoms with E-state index in [9.17, 15) is 9.18 Å². The van der Waals surface area contributed by atoms with E-state index in [1.165, 1.54) is 17.4 Å². The van der Waals surface area contributed by atoms with Crippen LogP contribution in [0.5, 0.6) is 5.75 Å². The van der Waals surface area contributed by atoms with Crippen LogP contribution in [0, 0.1) is 11.7 Å². The molecular weight excluding hydrogens is 425 g/mol. The summed E-state index contributed by atoms with van der Waals surface area (Å²) in [4.78, 5) is 18.9. The zero-order chi connectivity index (χ0) is 21.9. The zero-order valence-electron chi connectivity index (χ0n) is 17.3. The topological polar surface area (TPSA) is 54.5 Å². The van der Waals surface area contributed by atoms with E-state index in [0.29, 0.717) is 31.8 Å². The van der Waals surface area contributed by atoms with E-state index in [0.717, 1.165) is 26.7 Å². The molecule has 0 atom stereocenters. The van der Waals surface area contributed by atoms with E-state index in [2.05, 4.69) is 10.3 Å². The van der Waals surface area contributed by atoms with Gasteiger partial charge in [0.05, 0.1) is 10.6 Å². The van der Waals surface area contributed by atoms with Crippen molar-refractivity contribution >= 4 is 32.6 Å². The lowest BCUT2D eigenvalue weighted by molar-refractivity contribution is -0.125. The molecule has 4 aromatic rings. The molecule has 1 fully saturated rings. The smallest absolute Gasteiger partial charge is 0.226 e. The number of anilines is 1. The molecule has 32 heavy (non-hydrogen) atoms. The van der Waals surface area contributed by atoms with Gasteiger partial charge in [-0.25, -0.2) is 9.37 Å². The summed E-state index contributed by atoms with van der Waals surface area (Å²) in [6.07, 6.45) is 0. The van der Waals surface area contributed by atoms with Gasteiger partial charge >= 0.3 is 0 Å². The van der Waals surface area contributed by atoms with Gasteiger partial charge in [-0.3, -0.25) is 4.79 Å². The molecule has 3 aromatic carbocycles. The molecule has 5 rings (SSSR count). The number of carbonyl (C=O) groups excluding carboxylic acids is 1. The van der Waals surface area contributed by atoms with Crippen LogP contribution in [0.15, 0.2) is 72.8 Å². The third kappa shape index (κ3) is 4.43. The first-order chi connectivity index (χ1) is 15.7. The lowest BCUT2D eigenvalue weighted by Crippen LogP contribution is -2.53. The summed E-state index contributed by atoms with van der Waals surface area (Å²) in [7, 11) is 0. The van der Waals surface area contributed by atoms with Crippen molar-refractivity contribution in [3.05, 3.63) is 89.7 Å². The zero-order valence-corrected chi connectivity index (χ0v) is 18.1. The highest BCUT2D eigenvalue weighted by molar-refractivity contribution is 7.22. The van der Waals surface area contributed by atoms with Crippen LogP contribution in [-0.4, -0.2) is 24.0 Å². The van der Waals surface area contributed by atoms with E-state index >= 15 is 0 Å². The molecule has 0 unspecified atom stereocenters. The van der Waals surface area contributed by atoms with Gasteiger partial charge < -0.3 is 15.0 Å². The SMILES string of the molecule is O=C(NCc1ccc(OCc2ccccc2)cc1)C1CN(c2nc3c(F)cccc3s2)C1. The fraction of sp³-hybridized carbons (Fsp3) is 0.200. The monoisotopic (exact) mass is 447 g/mol. The summed E-state index contributed by atoms with van der Waals surface area (Å²) in [5.41, 5.74) is 2.54. The summed E-state index contributed by atoms with van der Waals surface area (Å²) >= 11 is 1.45. The fourth-order valence-electron chi connectivity index (χ4n) is 3.62. The van der Waals surface area contributed by atoms with E-state index in [1.807, 2.05) is 65.6 Å². The second-order valence-electron chi connectivity index (χ2n) is 7.82. The predicted molar refractivity (Wildman–Crippen MR) is 124 cm³/mol. The maximum absolute atomic E-state index is 13.9. The van der Waals surface area contributed by atoms with Crippen molar-refractivity contribution < 1.29 is 13.9 Å². The van der Waals surface area contributed by atoms with E-state index in [4.69, 9.17) is 4.74 Å². The Bertz CT molecular complexity index is 1220. The van der Waals surface area contributed by atoms with Crippen molar-refractivity contribution in [1.29, 1.82) is 0 Å². The molecule has 1 saturated heterocycles. The Morgan fingerprint density at radius 2 is 1.81 bits per heavy atom. The maximum atomic E-state index is 13.9. The fourth-order valence-corrected chi connectivity index (χ4v) is 4.62. The second kappa shape index (κ2) is 8.96. The van der Waals surface area contributed by atoms with Gasteiger partial charge in [0.2, 0.25) is 5.91 Å². The number of nitrogens with one attached hydrogen (secondary N) is 1. The molecule has 0 bridgehead atoms. The normalized spacial score (nSPS) is 13.7. The Labute approximate surface area is 189 Å². The van der Waals surface area contributed by atoms with Crippen LogP contribution in [0.4, 0.5) is 9.52 Å². The largest absolute Gasteiger partial charge is 0.489 e. The van der Waals surface area contributed by atoms with Gasteiger partial charge in [0, 0.05) is 19.6 Å². The third-order valence-electron chi connectivity index (χ3n) is 5.52. The summed E-state index contributed by atoms with van der Waals surface area (Å²) in [5, 5.41) is 3.77. The number of carbonyl (C=O) groups is 1. The lowest BCUT2D eigenvalue weighted by atomic mass is 10.00. The quantitative estimate of drug-likeness (QED) is 0.444. The number of amides is 1. The van der Waals surface area contributed by atoms with Gasteiger partial charge in [-0.1, -0.05) is 59.9 Å². The molecule has 2 heterocycles. The van der Waals surface area contributed by atoms with Crippen LogP contribution in [0.1, 0.15) is 11.1 Å². The summed E-state index contributed by atoms with van der Waals surface area (Å²) < 4.78 is 20.5. The highest BCUT2D eigenvalue weighted by atomic mass is 32.1. The Morgan fingerprint density at radius 3 is 2.56 bits per heavy atom. The summed E-state index contributed by atoms with van der Waals surface area (Å²) in [6, 6.07) is 22.7. The average Bonchev–Trinajstić information content (AvgIpc) is 3.22. The van der Waals surface area contributed by atoms with Crippen molar-refractivity contribution in [2.24, 2.45) is 5.92 Å². The first kappa shape index (κ1) is 20.5. The molecular formula is C25H22FN3O2S. The molecule has 1 aliphatic heterocycles. The van der Waals surface area contributed by atoms with Crippen molar-refractivity contribution in [3.8, 4) is 5.75 Å². The Kier molecular flexibility index (Phi) is 5.73. The van der Waals surface area contributed by atoms with Crippen molar-refractivity contribution in [1.82, 2.24) is 10.3 Å². The van der Waals surface area contributed by atoms with Gasteiger partial charge in [0.25, 0.3) is 0 Å². The van der Waals surface area contributed by atoms with Crippen molar-refractivity contribution in [3.63, 3.8) is 0 Å². The van der Waals surface area contributed by atoms with Crippen LogP contribution in [0.2, 0.25) is 0 Å². The van der Waals surface area contributed by atoms with Gasteiger partial charge in [-0.05, 0) is 35.4 Å². The highest BCUT2D eigenvalue weighted by Crippen LogP contribution is 2.33. The number of thiazole rings is 1. The van der Waals surface area contributed by atoms with Gasteiger partial charge in [-0.2, -0.15) is 0 Å². The minimum atomic E-state index is -0.309. The number of benzene rings is 3. The minimum absolute atomic E-state index is 0.0259.